The standard InChI is InChI=1S/C12H18FN3O/c1-8(16-12(17)7-14)5-9-3-4-10(15-2)6-11(9)13/h3-4,6,8,15H,5,7,14H2,1-2H3,(H,16,17). The molecule has 0 bridgehead atoms. The van der Waals surface area contributed by atoms with Gasteiger partial charge in [0, 0.05) is 18.8 Å². The van der Waals surface area contributed by atoms with Crippen LogP contribution in [0.25, 0.3) is 0 Å². The normalized spacial score (nSPS) is 12.0. The van der Waals surface area contributed by atoms with Crippen LogP contribution in [0.1, 0.15) is 12.5 Å². The minimum Gasteiger partial charge on any atom is -0.388 e. The van der Waals surface area contributed by atoms with Gasteiger partial charge in [0.1, 0.15) is 5.82 Å². The minimum absolute atomic E-state index is 0.0501. The van der Waals surface area contributed by atoms with E-state index < -0.39 is 0 Å². The third-order valence-electron chi connectivity index (χ3n) is 2.46. The molecule has 17 heavy (non-hydrogen) atoms. The maximum Gasteiger partial charge on any atom is 0.233 e. The second kappa shape index (κ2) is 6.20. The Hall–Kier alpha value is -1.62. The van der Waals surface area contributed by atoms with E-state index in [1.807, 2.05) is 6.92 Å². The molecule has 5 heteroatoms. The van der Waals surface area contributed by atoms with Crippen molar-refractivity contribution in [1.82, 2.24) is 5.32 Å². The second-order valence-electron chi connectivity index (χ2n) is 3.93. The molecule has 0 aromatic heterocycles. The first-order chi connectivity index (χ1) is 8.06. The summed E-state index contributed by atoms with van der Waals surface area (Å²) in [6, 6.07) is 4.82. The SMILES string of the molecule is CNc1ccc(CC(C)NC(=O)CN)c(F)c1. The minimum atomic E-state index is -0.273. The van der Waals surface area contributed by atoms with Crippen LogP contribution in [0.2, 0.25) is 0 Å². The molecule has 1 aromatic rings. The summed E-state index contributed by atoms with van der Waals surface area (Å²) in [4.78, 5) is 11.1. The van der Waals surface area contributed by atoms with Crippen molar-refractivity contribution in [1.29, 1.82) is 0 Å². The van der Waals surface area contributed by atoms with Crippen LogP contribution in [0, 0.1) is 5.82 Å². The van der Waals surface area contributed by atoms with E-state index in [2.05, 4.69) is 10.6 Å². The van der Waals surface area contributed by atoms with Crippen molar-refractivity contribution in [2.24, 2.45) is 5.73 Å². The smallest absolute Gasteiger partial charge is 0.233 e. The van der Waals surface area contributed by atoms with E-state index in [4.69, 9.17) is 5.73 Å². The van der Waals surface area contributed by atoms with E-state index in [0.29, 0.717) is 12.0 Å². The van der Waals surface area contributed by atoms with E-state index in [1.54, 1.807) is 19.2 Å². The molecule has 1 amide bonds. The number of nitrogens with two attached hydrogens (primary N) is 1. The molecule has 0 aliphatic carbocycles. The Bertz CT molecular complexity index is 395. The fourth-order valence-corrected chi connectivity index (χ4v) is 1.58. The number of amides is 1. The third-order valence-corrected chi connectivity index (χ3v) is 2.46. The van der Waals surface area contributed by atoms with Gasteiger partial charge in [0.15, 0.2) is 0 Å². The molecule has 1 rings (SSSR count). The van der Waals surface area contributed by atoms with Crippen LogP contribution in [0.3, 0.4) is 0 Å². The van der Waals surface area contributed by atoms with Crippen molar-refractivity contribution in [2.75, 3.05) is 18.9 Å². The lowest BCUT2D eigenvalue weighted by atomic mass is 10.1. The zero-order valence-corrected chi connectivity index (χ0v) is 10.1. The van der Waals surface area contributed by atoms with Crippen molar-refractivity contribution < 1.29 is 9.18 Å². The lowest BCUT2D eigenvalue weighted by Gasteiger charge is -2.14. The molecule has 1 unspecified atom stereocenters. The van der Waals surface area contributed by atoms with Gasteiger partial charge in [-0.25, -0.2) is 4.39 Å². The number of carbonyl (C=O) groups is 1. The van der Waals surface area contributed by atoms with Crippen molar-refractivity contribution in [3.05, 3.63) is 29.6 Å². The van der Waals surface area contributed by atoms with Gasteiger partial charge < -0.3 is 16.4 Å². The molecule has 94 valence electrons. The molecule has 1 atom stereocenters. The molecule has 4 N–H and O–H groups in total. The summed E-state index contributed by atoms with van der Waals surface area (Å²) >= 11 is 0. The number of hydrogen-bond donors (Lipinski definition) is 3. The van der Waals surface area contributed by atoms with Gasteiger partial charge in [-0.1, -0.05) is 6.07 Å². The Morgan fingerprint density at radius 2 is 2.24 bits per heavy atom. The fourth-order valence-electron chi connectivity index (χ4n) is 1.58. The van der Waals surface area contributed by atoms with Gasteiger partial charge in [-0.05, 0) is 31.0 Å². The largest absolute Gasteiger partial charge is 0.388 e. The molecule has 0 spiro atoms. The number of carbonyl (C=O) groups excluding carboxylic acids is 1. The number of nitrogens with one attached hydrogen (secondary N) is 2. The van der Waals surface area contributed by atoms with Gasteiger partial charge in [0.2, 0.25) is 5.91 Å². The first-order valence-corrected chi connectivity index (χ1v) is 5.52. The molecule has 1 aromatic carbocycles. The monoisotopic (exact) mass is 239 g/mol. The predicted molar refractivity (Wildman–Crippen MR) is 66.3 cm³/mol. The second-order valence-corrected chi connectivity index (χ2v) is 3.93. The molecular weight excluding hydrogens is 221 g/mol. The first-order valence-electron chi connectivity index (χ1n) is 5.52. The van der Waals surface area contributed by atoms with Crippen LogP contribution in [0.5, 0.6) is 0 Å². The van der Waals surface area contributed by atoms with E-state index in [9.17, 15) is 9.18 Å². The Labute approximate surface area is 100 Å². The third kappa shape index (κ3) is 4.03. The zero-order valence-electron chi connectivity index (χ0n) is 10.1. The van der Waals surface area contributed by atoms with Crippen LogP contribution in [-0.2, 0) is 11.2 Å². The van der Waals surface area contributed by atoms with E-state index in [1.165, 1.54) is 6.07 Å². The average molecular weight is 239 g/mol. The van der Waals surface area contributed by atoms with Crippen LogP contribution >= 0.6 is 0 Å². The summed E-state index contributed by atoms with van der Waals surface area (Å²) in [5, 5.41) is 5.55. The molecule has 0 fully saturated rings. The number of halogens is 1. The first kappa shape index (κ1) is 13.4. The van der Waals surface area contributed by atoms with Crippen molar-refractivity contribution in [3.8, 4) is 0 Å². The highest BCUT2D eigenvalue weighted by Gasteiger charge is 2.10. The van der Waals surface area contributed by atoms with E-state index in [0.717, 1.165) is 5.69 Å². The summed E-state index contributed by atoms with van der Waals surface area (Å²) in [5.41, 5.74) is 6.49. The highest BCUT2D eigenvalue weighted by atomic mass is 19.1. The Morgan fingerprint density at radius 1 is 1.53 bits per heavy atom. The van der Waals surface area contributed by atoms with Crippen molar-refractivity contribution in [3.63, 3.8) is 0 Å². The van der Waals surface area contributed by atoms with Crippen LogP contribution < -0.4 is 16.4 Å². The molecule has 0 aliphatic heterocycles. The Kier molecular flexibility index (Phi) is 4.90. The van der Waals surface area contributed by atoms with Crippen LogP contribution in [0.4, 0.5) is 10.1 Å². The van der Waals surface area contributed by atoms with Gasteiger partial charge in [0.25, 0.3) is 0 Å². The molecule has 0 radical (unpaired) electrons. The molecule has 0 heterocycles. The summed E-state index contributed by atoms with van der Waals surface area (Å²) < 4.78 is 13.6. The van der Waals surface area contributed by atoms with E-state index in [-0.39, 0.29) is 24.3 Å². The number of benzene rings is 1. The highest BCUT2D eigenvalue weighted by Crippen LogP contribution is 2.15. The quantitative estimate of drug-likeness (QED) is 0.714. The topological polar surface area (TPSA) is 67.1 Å². The summed E-state index contributed by atoms with van der Waals surface area (Å²) in [5.74, 6) is -0.504. The Morgan fingerprint density at radius 3 is 2.76 bits per heavy atom. The molecule has 0 saturated heterocycles. The van der Waals surface area contributed by atoms with Crippen LogP contribution in [-0.4, -0.2) is 25.5 Å². The Balaban J connectivity index is 2.65. The zero-order chi connectivity index (χ0) is 12.8. The lowest BCUT2D eigenvalue weighted by molar-refractivity contribution is -0.120. The molecule has 0 saturated carbocycles. The number of hydrogen-bond acceptors (Lipinski definition) is 3. The maximum atomic E-state index is 13.6. The predicted octanol–water partition coefficient (Wildman–Crippen LogP) is 0.873. The lowest BCUT2D eigenvalue weighted by Crippen LogP contribution is -2.38. The van der Waals surface area contributed by atoms with E-state index >= 15 is 0 Å². The number of rotatable bonds is 5. The van der Waals surface area contributed by atoms with Gasteiger partial charge in [-0.3, -0.25) is 4.79 Å². The van der Waals surface area contributed by atoms with Gasteiger partial charge in [0.05, 0.1) is 6.54 Å². The van der Waals surface area contributed by atoms with Gasteiger partial charge in [-0.15, -0.1) is 0 Å². The number of anilines is 1. The molecule has 4 nitrogen and oxygen atoms in total. The molecular formula is C12H18FN3O. The van der Waals surface area contributed by atoms with Crippen molar-refractivity contribution in [2.45, 2.75) is 19.4 Å². The maximum absolute atomic E-state index is 13.6. The highest BCUT2D eigenvalue weighted by molar-refractivity contribution is 5.78. The van der Waals surface area contributed by atoms with Crippen molar-refractivity contribution >= 4 is 11.6 Å². The summed E-state index contributed by atoms with van der Waals surface area (Å²) in [7, 11) is 1.73. The molecule has 0 aliphatic rings. The average Bonchev–Trinajstić information content (AvgIpc) is 2.31. The van der Waals surface area contributed by atoms with Gasteiger partial charge >= 0.3 is 0 Å². The summed E-state index contributed by atoms with van der Waals surface area (Å²) in [6.07, 6.45) is 0.446. The fraction of sp³-hybridized carbons (Fsp3) is 0.417. The van der Waals surface area contributed by atoms with Gasteiger partial charge in [-0.2, -0.15) is 0 Å². The summed E-state index contributed by atoms with van der Waals surface area (Å²) in [6.45, 7) is 1.77. The van der Waals surface area contributed by atoms with Crippen LogP contribution in [0.15, 0.2) is 18.2 Å².